The molecule has 2 amide bonds. The molecule has 2 aliphatic heterocycles. The van der Waals surface area contributed by atoms with Crippen molar-refractivity contribution in [3.63, 3.8) is 0 Å². The topological polar surface area (TPSA) is 122 Å². The van der Waals surface area contributed by atoms with Crippen LogP contribution in [0.1, 0.15) is 39.1 Å². The number of imide groups is 1. The van der Waals surface area contributed by atoms with Crippen LogP contribution < -0.4 is 0 Å². The van der Waals surface area contributed by atoms with Gasteiger partial charge in [0, 0.05) is 17.1 Å². The average Bonchev–Trinajstić information content (AvgIpc) is 3.12. The van der Waals surface area contributed by atoms with E-state index < -0.39 is 31.6 Å². The van der Waals surface area contributed by atoms with Gasteiger partial charge in [-0.3, -0.25) is 0 Å². The highest BCUT2D eigenvalue weighted by Gasteiger charge is 2.55. The maximum absolute atomic E-state index is 11.6. The van der Waals surface area contributed by atoms with Gasteiger partial charge in [-0.1, -0.05) is 32.5 Å². The minimum absolute atomic E-state index is 0.0319. The lowest BCUT2D eigenvalue weighted by Gasteiger charge is -2.50. The Labute approximate surface area is 211 Å². The summed E-state index contributed by atoms with van der Waals surface area (Å²) in [4.78, 5) is 32.7. The van der Waals surface area contributed by atoms with Crippen LogP contribution in [-0.2, 0) is 14.7 Å². The Kier molecular flexibility index (Phi) is 7.44. The molecular weight excluding hydrogens is 550 g/mol. The third kappa shape index (κ3) is 5.32. The van der Waals surface area contributed by atoms with E-state index in [9.17, 15) is 19.8 Å². The van der Waals surface area contributed by atoms with Gasteiger partial charge in [0.1, 0.15) is 15.1 Å². The van der Waals surface area contributed by atoms with Gasteiger partial charge >= 0.3 is 12.2 Å². The molecule has 0 radical (unpaired) electrons. The Morgan fingerprint density at radius 3 is 2.52 bits per heavy atom. The van der Waals surface area contributed by atoms with Crippen molar-refractivity contribution in [2.45, 2.75) is 63.4 Å². The Bertz CT molecular complexity index is 954. The summed E-state index contributed by atoms with van der Waals surface area (Å²) in [5, 5.41) is 21.4. The van der Waals surface area contributed by atoms with Crippen molar-refractivity contribution in [1.29, 1.82) is 0 Å². The van der Waals surface area contributed by atoms with E-state index in [4.69, 9.17) is 9.16 Å². The number of hydrogen-bond acceptors (Lipinski definition) is 8. The lowest BCUT2D eigenvalue weighted by atomic mass is 9.76. The van der Waals surface area contributed by atoms with E-state index >= 15 is 0 Å². The number of carboxylic acid groups (broad SMARTS) is 2. The molecule has 3 heterocycles. The molecule has 2 N–H and O–H groups in total. The summed E-state index contributed by atoms with van der Waals surface area (Å²) in [6, 6.07) is 0. The van der Waals surface area contributed by atoms with Crippen LogP contribution in [0.4, 0.5) is 9.59 Å². The zero-order valence-electron chi connectivity index (χ0n) is 19.5. The van der Waals surface area contributed by atoms with Crippen molar-refractivity contribution in [2.75, 3.05) is 19.0 Å². The Morgan fingerprint density at radius 1 is 1.36 bits per heavy atom. The van der Waals surface area contributed by atoms with E-state index in [0.29, 0.717) is 28.4 Å². The number of rotatable bonds is 4. The summed E-state index contributed by atoms with van der Waals surface area (Å²) in [7, 11) is -1.98. The third-order valence-corrected chi connectivity index (χ3v) is 14.0. The van der Waals surface area contributed by atoms with E-state index in [2.05, 4.69) is 59.8 Å². The second-order valence-corrected chi connectivity index (χ2v) is 17.7. The molecule has 1 aromatic heterocycles. The monoisotopic (exact) mass is 579 g/mol. The average molecular weight is 581 g/mol. The highest BCUT2D eigenvalue weighted by Crippen LogP contribution is 2.50. The van der Waals surface area contributed by atoms with Crippen LogP contribution in [0.2, 0.25) is 18.1 Å². The Balaban J connectivity index is 1.94. The number of hydrogen-bond donors (Lipinski definition) is 2. The van der Waals surface area contributed by atoms with Gasteiger partial charge in [0.15, 0.2) is 13.5 Å². The standard InChI is InChI=1S/C20H30BrN3O6S2Si/c1-18(2,3)33(5,6)30-10-19(4)7-12-8-32-15(24(16(25)26)17(27)28)23-20(12,11-29-19)14-22-13(21)9-31-14/h9,12H,7-8,10-11H2,1-6H3,(H,25,26)(H,27,28)/t12-,19+,20-/m0/s1. The van der Waals surface area contributed by atoms with Crippen molar-refractivity contribution in [1.82, 2.24) is 9.88 Å². The molecule has 0 aromatic carbocycles. The van der Waals surface area contributed by atoms with Crippen LogP contribution in [0.3, 0.4) is 0 Å². The minimum atomic E-state index is -1.98. The summed E-state index contributed by atoms with van der Waals surface area (Å²) in [5.74, 6) is 0.460. The van der Waals surface area contributed by atoms with E-state index in [1.165, 1.54) is 11.3 Å². The molecule has 33 heavy (non-hydrogen) atoms. The van der Waals surface area contributed by atoms with Crippen molar-refractivity contribution in [2.24, 2.45) is 10.9 Å². The SMILES string of the molecule is CC(C)(C)[Si](C)(C)OC[C@@]1(C)C[C@H]2CSC(N(C(=O)O)C(=O)O)=N[C@@]2(c2nc(Br)cs2)CO1. The number of aliphatic imine (C=N–C) groups is 1. The second-order valence-electron chi connectivity index (χ2n) is 10.2. The molecule has 0 spiro atoms. The highest BCUT2D eigenvalue weighted by atomic mass is 79.9. The lowest BCUT2D eigenvalue weighted by molar-refractivity contribution is -0.139. The zero-order chi connectivity index (χ0) is 24.8. The first-order valence-electron chi connectivity index (χ1n) is 10.5. The van der Waals surface area contributed by atoms with Gasteiger partial charge in [0.2, 0.25) is 0 Å². The fourth-order valence-corrected chi connectivity index (χ4v) is 7.42. The van der Waals surface area contributed by atoms with Crippen molar-refractivity contribution in [3.05, 3.63) is 15.0 Å². The predicted molar refractivity (Wildman–Crippen MR) is 135 cm³/mol. The number of ether oxygens (including phenoxy) is 1. The number of nitrogens with zero attached hydrogens (tertiary/aromatic N) is 3. The van der Waals surface area contributed by atoms with E-state index in [1.54, 1.807) is 0 Å². The lowest BCUT2D eigenvalue weighted by Crippen LogP contribution is -2.57. The van der Waals surface area contributed by atoms with E-state index in [0.717, 1.165) is 11.8 Å². The number of halogens is 1. The molecule has 184 valence electrons. The maximum atomic E-state index is 11.6. The summed E-state index contributed by atoms with van der Waals surface area (Å²) in [6.45, 7) is 13.6. The summed E-state index contributed by atoms with van der Waals surface area (Å²) >= 11 is 5.91. The maximum Gasteiger partial charge on any atom is 0.423 e. The number of fused-ring (bicyclic) bond motifs is 1. The van der Waals surface area contributed by atoms with Gasteiger partial charge < -0.3 is 19.4 Å². The van der Waals surface area contributed by atoms with Gasteiger partial charge in [0.05, 0.1) is 18.8 Å². The molecule has 9 nitrogen and oxygen atoms in total. The number of aromatic nitrogens is 1. The normalized spacial score (nSPS) is 28.1. The molecule has 0 bridgehead atoms. The first-order valence-corrected chi connectivity index (χ1v) is 16.0. The Hall–Kier alpha value is -0.993. The molecule has 1 saturated heterocycles. The second kappa shape index (κ2) is 9.23. The number of thioether (sulfide) groups is 1. The van der Waals surface area contributed by atoms with E-state index in [1.807, 2.05) is 12.3 Å². The molecule has 0 aliphatic carbocycles. The summed E-state index contributed by atoms with van der Waals surface area (Å²) < 4.78 is 13.5. The van der Waals surface area contributed by atoms with Crippen molar-refractivity contribution in [3.8, 4) is 0 Å². The minimum Gasteiger partial charge on any atom is -0.464 e. The summed E-state index contributed by atoms with van der Waals surface area (Å²) in [5.41, 5.74) is -1.50. The van der Waals surface area contributed by atoms with Crippen LogP contribution in [0.15, 0.2) is 15.0 Å². The van der Waals surface area contributed by atoms with E-state index in [-0.39, 0.29) is 27.6 Å². The molecule has 13 heteroatoms. The van der Waals surface area contributed by atoms with Gasteiger partial charge in [0.25, 0.3) is 0 Å². The molecule has 2 aliphatic rings. The van der Waals surface area contributed by atoms with Crippen LogP contribution >= 0.6 is 39.0 Å². The van der Waals surface area contributed by atoms with Crippen LogP contribution in [0.5, 0.6) is 0 Å². The number of carbonyl (C=O) groups is 2. The predicted octanol–water partition coefficient (Wildman–Crippen LogP) is 5.68. The van der Waals surface area contributed by atoms with Gasteiger partial charge in [-0.05, 0) is 47.4 Å². The summed E-state index contributed by atoms with van der Waals surface area (Å²) in [6.07, 6.45) is -2.55. The van der Waals surface area contributed by atoms with Gasteiger partial charge in [-0.15, -0.1) is 11.3 Å². The molecule has 1 aromatic rings. The third-order valence-electron chi connectivity index (χ3n) is 6.67. The number of amidine groups is 1. The largest absolute Gasteiger partial charge is 0.464 e. The zero-order valence-corrected chi connectivity index (χ0v) is 23.8. The fraction of sp³-hybridized carbons (Fsp3) is 0.700. The van der Waals surface area contributed by atoms with Crippen LogP contribution in [0.25, 0.3) is 0 Å². The number of thiazole rings is 1. The van der Waals surface area contributed by atoms with Crippen LogP contribution in [0, 0.1) is 5.92 Å². The quantitative estimate of drug-likeness (QED) is 0.437. The molecule has 3 atom stereocenters. The molecule has 1 fully saturated rings. The van der Waals surface area contributed by atoms with Crippen molar-refractivity contribution < 1.29 is 29.0 Å². The highest BCUT2D eigenvalue weighted by molar-refractivity contribution is 9.10. The van der Waals surface area contributed by atoms with Crippen molar-refractivity contribution >= 4 is 64.7 Å². The van der Waals surface area contributed by atoms with Gasteiger partial charge in [-0.25, -0.2) is 19.6 Å². The first-order chi connectivity index (χ1) is 15.1. The smallest absolute Gasteiger partial charge is 0.423 e. The molecule has 3 rings (SSSR count). The fourth-order valence-electron chi connectivity index (χ4n) is 3.60. The van der Waals surface area contributed by atoms with Crippen LogP contribution in [-0.4, -0.2) is 70.3 Å². The molecule has 0 saturated carbocycles. The molecule has 0 unspecified atom stereocenters. The Morgan fingerprint density at radius 2 is 2.00 bits per heavy atom. The van der Waals surface area contributed by atoms with Gasteiger partial charge in [-0.2, -0.15) is 4.90 Å². The first kappa shape index (κ1) is 26.6. The molecular formula is C20H30BrN3O6S2Si. The number of amides is 2.